The number of alkyl halides is 2. The van der Waals surface area contributed by atoms with Crippen LogP contribution >= 0.6 is 34.9 Å². The van der Waals surface area contributed by atoms with Crippen LogP contribution in [0.3, 0.4) is 0 Å². The molecule has 2 N–H and O–H groups in total. The zero-order chi connectivity index (χ0) is 22.9. The van der Waals surface area contributed by atoms with Crippen molar-refractivity contribution in [2.24, 2.45) is 0 Å². The monoisotopic (exact) mass is 491 g/mol. The van der Waals surface area contributed by atoms with Crippen LogP contribution in [-0.2, 0) is 4.79 Å². The Hall–Kier alpha value is -2.69. The van der Waals surface area contributed by atoms with Crippen LogP contribution < -0.4 is 10.6 Å². The molecule has 0 unspecified atom stereocenters. The average molecular weight is 492 g/mol. The fourth-order valence-corrected chi connectivity index (χ4v) is 5.15. The highest BCUT2D eigenvalue weighted by molar-refractivity contribution is 8.01. The molecule has 10 heteroatoms. The molecule has 3 aromatic rings. The van der Waals surface area contributed by atoms with Gasteiger partial charge >= 0.3 is 0 Å². The summed E-state index contributed by atoms with van der Waals surface area (Å²) in [6, 6.07) is 15.5. The normalized spacial score (nSPS) is 10.7. The first-order chi connectivity index (χ1) is 15.5. The van der Waals surface area contributed by atoms with E-state index in [1.54, 1.807) is 18.2 Å². The third kappa shape index (κ3) is 6.65. The van der Waals surface area contributed by atoms with Gasteiger partial charge in [0.1, 0.15) is 10.7 Å². The Morgan fingerprint density at radius 3 is 2.56 bits per heavy atom. The van der Waals surface area contributed by atoms with Gasteiger partial charge in [0.25, 0.3) is 11.7 Å². The van der Waals surface area contributed by atoms with Gasteiger partial charge in [0.15, 0.2) is 4.34 Å². The fraction of sp³-hybridized carbons (Fsp3) is 0.136. The van der Waals surface area contributed by atoms with Gasteiger partial charge in [-0.1, -0.05) is 83.4 Å². The Labute approximate surface area is 196 Å². The molecule has 1 heterocycles. The van der Waals surface area contributed by atoms with Crippen LogP contribution in [0.15, 0.2) is 76.5 Å². The van der Waals surface area contributed by atoms with Gasteiger partial charge in [-0.2, -0.15) is 8.78 Å². The number of rotatable bonds is 10. The van der Waals surface area contributed by atoms with Gasteiger partial charge in [-0.3, -0.25) is 9.59 Å². The summed E-state index contributed by atoms with van der Waals surface area (Å²) in [5, 5.41) is 5.99. The number of thiazole rings is 1. The number of hydrogen-bond acceptors (Lipinski definition) is 6. The van der Waals surface area contributed by atoms with E-state index in [-0.39, 0.29) is 22.1 Å². The predicted molar refractivity (Wildman–Crippen MR) is 128 cm³/mol. The molecule has 5 nitrogen and oxygen atoms in total. The largest absolute Gasteiger partial charge is 0.352 e. The van der Waals surface area contributed by atoms with E-state index in [4.69, 9.17) is 0 Å². The zero-order valence-corrected chi connectivity index (χ0v) is 19.2. The second kappa shape index (κ2) is 11.8. The van der Waals surface area contributed by atoms with E-state index >= 15 is 0 Å². The van der Waals surface area contributed by atoms with Gasteiger partial charge in [-0.05, 0) is 12.1 Å². The summed E-state index contributed by atoms with van der Waals surface area (Å²) in [6.45, 7) is 3.94. The van der Waals surface area contributed by atoms with E-state index in [0.717, 1.165) is 5.56 Å². The highest BCUT2D eigenvalue weighted by Gasteiger charge is 2.20. The maximum atomic E-state index is 12.9. The molecule has 0 aliphatic carbocycles. The molecule has 0 bridgehead atoms. The minimum Gasteiger partial charge on any atom is -0.352 e. The Morgan fingerprint density at radius 2 is 1.84 bits per heavy atom. The number of benzene rings is 2. The summed E-state index contributed by atoms with van der Waals surface area (Å²) in [5.74, 6) is -3.14. The van der Waals surface area contributed by atoms with Crippen molar-refractivity contribution >= 4 is 51.7 Å². The number of nitrogens with zero attached hydrogens (tertiary/aromatic N) is 1. The number of aromatic nitrogens is 1. The number of nitrogens with one attached hydrogen (secondary N) is 2. The van der Waals surface area contributed by atoms with Crippen LogP contribution in [0.5, 0.6) is 0 Å². The number of hydrogen-bond donors (Lipinski definition) is 2. The van der Waals surface area contributed by atoms with E-state index in [1.807, 2.05) is 30.3 Å². The van der Waals surface area contributed by atoms with Crippen LogP contribution in [0.2, 0.25) is 0 Å². The number of halogens is 2. The van der Waals surface area contributed by atoms with Crippen LogP contribution in [0.1, 0.15) is 10.4 Å². The molecule has 3 rings (SSSR count). The summed E-state index contributed by atoms with van der Waals surface area (Å²) in [7, 11) is 0. The van der Waals surface area contributed by atoms with Crippen LogP contribution in [-0.4, -0.2) is 34.9 Å². The summed E-state index contributed by atoms with van der Waals surface area (Å²) >= 11 is 2.80. The predicted octanol–water partition coefficient (Wildman–Crippen LogP) is 5.77. The lowest BCUT2D eigenvalue weighted by Gasteiger charge is -2.09. The van der Waals surface area contributed by atoms with Crippen molar-refractivity contribution in [1.29, 1.82) is 0 Å². The van der Waals surface area contributed by atoms with Crippen LogP contribution in [0.25, 0.3) is 11.3 Å². The van der Waals surface area contributed by atoms with Gasteiger partial charge in [0.2, 0.25) is 5.91 Å². The lowest BCUT2D eigenvalue weighted by atomic mass is 10.1. The van der Waals surface area contributed by atoms with Crippen molar-refractivity contribution in [3.63, 3.8) is 0 Å². The number of anilines is 1. The van der Waals surface area contributed by atoms with E-state index in [0.29, 0.717) is 33.3 Å². The number of amides is 2. The molecule has 0 radical (unpaired) electrons. The smallest absolute Gasteiger partial charge is 0.288 e. The van der Waals surface area contributed by atoms with Crippen molar-refractivity contribution in [3.8, 4) is 11.3 Å². The molecule has 0 saturated heterocycles. The molecule has 0 atom stereocenters. The molecule has 2 amide bonds. The van der Waals surface area contributed by atoms with Crippen molar-refractivity contribution in [1.82, 2.24) is 10.3 Å². The molecule has 0 aliphatic rings. The first-order valence-corrected chi connectivity index (χ1v) is 12.1. The maximum absolute atomic E-state index is 12.9. The lowest BCUT2D eigenvalue weighted by molar-refractivity contribution is -0.118. The third-order valence-corrected chi connectivity index (χ3v) is 6.90. The molecule has 32 heavy (non-hydrogen) atoms. The van der Waals surface area contributed by atoms with Gasteiger partial charge in [0, 0.05) is 17.0 Å². The topological polar surface area (TPSA) is 71.1 Å². The van der Waals surface area contributed by atoms with Crippen molar-refractivity contribution in [2.45, 2.75) is 15.0 Å². The van der Waals surface area contributed by atoms with Crippen LogP contribution in [0.4, 0.5) is 13.8 Å². The summed E-state index contributed by atoms with van der Waals surface area (Å²) in [5.41, 5.74) is 1.50. The average Bonchev–Trinajstić information content (AvgIpc) is 3.19. The maximum Gasteiger partial charge on any atom is 0.288 e. The van der Waals surface area contributed by atoms with Gasteiger partial charge < -0.3 is 10.6 Å². The Kier molecular flexibility index (Phi) is 8.83. The second-order valence-electron chi connectivity index (χ2n) is 6.23. The molecule has 1 aromatic heterocycles. The summed E-state index contributed by atoms with van der Waals surface area (Å²) in [4.78, 5) is 29.6. The zero-order valence-electron chi connectivity index (χ0n) is 16.7. The van der Waals surface area contributed by atoms with E-state index in [2.05, 4.69) is 22.2 Å². The highest BCUT2D eigenvalue weighted by atomic mass is 32.2. The van der Waals surface area contributed by atoms with E-state index in [1.165, 1.54) is 35.2 Å². The first-order valence-electron chi connectivity index (χ1n) is 9.39. The third-order valence-electron chi connectivity index (χ3n) is 4.00. The minimum atomic E-state index is -2.64. The SMILES string of the molecule is C=CCNC(=O)CSc1nc(-c2ccccc2)c(NC(=O)c2ccccc2SC(F)F)s1. The summed E-state index contributed by atoms with van der Waals surface area (Å²) in [6.07, 6.45) is 1.59. The number of thioether (sulfide) groups is 2. The molecule has 0 aliphatic heterocycles. The van der Waals surface area contributed by atoms with Crippen molar-refractivity contribution in [3.05, 3.63) is 72.8 Å². The lowest BCUT2D eigenvalue weighted by Crippen LogP contribution is -2.24. The Bertz CT molecular complexity index is 1090. The van der Waals surface area contributed by atoms with Crippen molar-refractivity contribution < 1.29 is 18.4 Å². The highest BCUT2D eigenvalue weighted by Crippen LogP contribution is 2.38. The van der Waals surface area contributed by atoms with E-state index in [9.17, 15) is 18.4 Å². The fourth-order valence-electron chi connectivity index (χ4n) is 2.63. The molecule has 2 aromatic carbocycles. The second-order valence-corrected chi connectivity index (χ2v) is 9.49. The first kappa shape index (κ1) is 24.0. The van der Waals surface area contributed by atoms with Gasteiger partial charge in [-0.15, -0.1) is 6.58 Å². The van der Waals surface area contributed by atoms with Crippen molar-refractivity contribution in [2.75, 3.05) is 17.6 Å². The Morgan fingerprint density at radius 1 is 1.12 bits per heavy atom. The summed E-state index contributed by atoms with van der Waals surface area (Å²) < 4.78 is 26.4. The molecular weight excluding hydrogens is 472 g/mol. The molecule has 0 fully saturated rings. The number of carbonyl (C=O) groups excluding carboxylic acids is 2. The number of carbonyl (C=O) groups is 2. The van der Waals surface area contributed by atoms with Gasteiger partial charge in [-0.25, -0.2) is 4.98 Å². The van der Waals surface area contributed by atoms with Gasteiger partial charge in [0.05, 0.1) is 11.3 Å². The minimum absolute atomic E-state index is 0.156. The quantitative estimate of drug-likeness (QED) is 0.278. The molecule has 166 valence electrons. The Balaban J connectivity index is 1.85. The molecule has 0 saturated carbocycles. The molecular formula is C22H19F2N3O2S3. The van der Waals surface area contributed by atoms with Crippen LogP contribution in [0, 0.1) is 0 Å². The van der Waals surface area contributed by atoms with E-state index < -0.39 is 11.7 Å². The molecule has 0 spiro atoms. The standard InChI is InChI=1S/C22H19F2N3O2S3/c1-2-12-25-17(28)13-30-22-26-18(14-8-4-3-5-9-14)20(32-22)27-19(29)15-10-6-7-11-16(15)31-21(23)24/h2-11,21H,1,12-13H2,(H,25,28)(H,27,29).